The number of carbonyl (C=O) groups is 13. The van der Waals surface area contributed by atoms with E-state index in [1.807, 2.05) is 58.0 Å². The molecule has 10 amide bonds. The lowest BCUT2D eigenvalue weighted by atomic mass is 9.87. The summed E-state index contributed by atoms with van der Waals surface area (Å²) in [5.74, 6) is -13.5. The first kappa shape index (κ1) is 86.0. The van der Waals surface area contributed by atoms with Gasteiger partial charge < -0.3 is 54.9 Å². The summed E-state index contributed by atoms with van der Waals surface area (Å²) in [5.41, 5.74) is 2.00. The lowest BCUT2D eigenvalue weighted by Gasteiger charge is -2.38. The second-order valence-corrected chi connectivity index (χ2v) is 30.6. The van der Waals surface area contributed by atoms with Crippen molar-refractivity contribution in [3.8, 4) is 0 Å². The zero-order valence-corrected chi connectivity index (χ0v) is 64.8. The summed E-state index contributed by atoms with van der Waals surface area (Å²) >= 11 is 0. The second kappa shape index (κ2) is 40.0. The highest BCUT2D eigenvalue weighted by atomic mass is 16.3. The molecule has 3 aromatic rings. The fourth-order valence-electron chi connectivity index (χ4n) is 13.9. The number of hydrogen-bond acceptors (Lipinski definition) is 14. The molecule has 2 heterocycles. The van der Waals surface area contributed by atoms with Crippen LogP contribution in [0.4, 0.5) is 0 Å². The maximum absolute atomic E-state index is 15.9. The Bertz CT molecular complexity index is 3430. The maximum Gasteiger partial charge on any atom is 0.246 e. The topological polar surface area (TPSA) is 292 Å². The first-order valence-electron chi connectivity index (χ1n) is 37.0. The van der Waals surface area contributed by atoms with Crippen LogP contribution in [0.5, 0.6) is 0 Å². The first-order chi connectivity index (χ1) is 48.9. The SMILES string of the molecule is CC(C)C[C@H]1C(=O)N[C@@H](C(C)C)C(=O)N[C@H](C(=O)N(C)C(Cc2ccccc2)C(=O)N(C)[C@@H](Cc2ccccc2)C(=O)C[C@@H](C)C(=O)N2CCCCC2)CC(=O)C[C@H](C(C)C)C(=O)N(C)[C@@H](C)C(=O)N(C)[C@@H](Cc2ccccc2)C(=O)N(C)[C@@H](CC(C)C)C(=O)C[C@@H]([C@@H](C)O)C(=O)N(C)CC(=O)N1C. The average molecular weight is 1440 g/mol. The molecule has 3 N–H and O–H groups in total. The Balaban J connectivity index is 1.66. The Labute approximate surface area is 616 Å². The van der Waals surface area contributed by atoms with Crippen molar-refractivity contribution < 1.29 is 67.4 Å². The van der Waals surface area contributed by atoms with Gasteiger partial charge in [0.2, 0.25) is 59.1 Å². The molecule has 5 rings (SSSR count). The molecule has 2 aliphatic rings. The van der Waals surface area contributed by atoms with E-state index in [9.17, 15) is 33.9 Å². The molecule has 0 aromatic heterocycles. The number of carbonyl (C=O) groups excluding carboxylic acids is 13. The molecule has 3 aromatic carbocycles. The predicted octanol–water partition coefficient (Wildman–Crippen LogP) is 6.07. The van der Waals surface area contributed by atoms with E-state index in [-0.39, 0.29) is 62.1 Å². The molecule has 24 heteroatoms. The molecule has 0 saturated carbocycles. The molecule has 2 aliphatic heterocycles. The number of benzene rings is 3. The quantitative estimate of drug-likeness (QED) is 0.109. The van der Waals surface area contributed by atoms with Crippen molar-refractivity contribution >= 4 is 76.4 Å². The van der Waals surface area contributed by atoms with Gasteiger partial charge in [-0.2, -0.15) is 0 Å². The van der Waals surface area contributed by atoms with Gasteiger partial charge in [-0.25, -0.2) is 0 Å². The fraction of sp³-hybridized carbons (Fsp3) is 0.613. The van der Waals surface area contributed by atoms with Gasteiger partial charge in [-0.1, -0.05) is 153 Å². The molecule has 2 fully saturated rings. The number of amides is 10. The standard InChI is InChI=1S/C80H118N10O14/c1-49(2)39-63-69(94)47-61(55(11)91)76(100)83(12)48-70(95)85(14)65(40-50(3)4)72(96)82-71(52(7)8)73(97)81-62(46-59(92)45-60(51(5)6)77(101)84(13)54(10)75(99)88(17)66(79(103)86(63)15)43-57-33-25-20-26-34-57)78(102)89(18)67(44-58-35-27-21-28-36-58)80(104)87(16)64(42-56-31-23-19-24-32-56)68(93)41-53(9)74(98)90-37-29-22-30-38-90/h19-21,23-28,31-36,49-55,60-67,71,91H,22,29-30,37-48H2,1-18H3,(H,81,97)(H,82,96)/t53-,54+,55-,60-,61+,62+,63+,64+,65+,66+,67?,71+/m1/s1. The van der Waals surface area contributed by atoms with Crippen LogP contribution in [0.1, 0.15) is 151 Å². The minimum Gasteiger partial charge on any atom is -0.393 e. The molecular weight excluding hydrogens is 1320 g/mol. The molecule has 0 bridgehead atoms. The molecule has 24 nitrogen and oxygen atoms in total. The summed E-state index contributed by atoms with van der Waals surface area (Å²) in [6.45, 7) is 19.2. The fourth-order valence-corrected chi connectivity index (χ4v) is 13.9. The van der Waals surface area contributed by atoms with Gasteiger partial charge in [0.05, 0.1) is 30.7 Å². The number of likely N-dealkylation sites (N-methyl/N-ethyl adjacent to an activating group) is 7. The van der Waals surface area contributed by atoms with Crippen LogP contribution in [-0.4, -0.2) is 244 Å². The van der Waals surface area contributed by atoms with Crippen molar-refractivity contribution in [2.45, 2.75) is 208 Å². The van der Waals surface area contributed by atoms with Crippen molar-refractivity contribution in [1.29, 1.82) is 0 Å². The predicted molar refractivity (Wildman–Crippen MR) is 397 cm³/mol. The summed E-state index contributed by atoms with van der Waals surface area (Å²) in [5, 5.41) is 16.8. The van der Waals surface area contributed by atoms with Crippen molar-refractivity contribution in [2.75, 3.05) is 69.0 Å². The highest BCUT2D eigenvalue weighted by Gasteiger charge is 2.44. The monoisotopic (exact) mass is 1440 g/mol. The third-order valence-electron chi connectivity index (χ3n) is 20.8. The number of nitrogens with one attached hydrogen (secondary N) is 2. The van der Waals surface area contributed by atoms with Crippen LogP contribution in [0, 0.1) is 41.4 Å². The highest BCUT2D eigenvalue weighted by Crippen LogP contribution is 2.28. The van der Waals surface area contributed by atoms with E-state index in [4.69, 9.17) is 0 Å². The number of rotatable bonds is 21. The van der Waals surface area contributed by atoms with Crippen LogP contribution in [0.2, 0.25) is 0 Å². The zero-order chi connectivity index (χ0) is 77.7. The van der Waals surface area contributed by atoms with Crippen molar-refractivity contribution in [2.24, 2.45) is 41.4 Å². The van der Waals surface area contributed by atoms with Gasteiger partial charge in [0.1, 0.15) is 42.0 Å². The summed E-state index contributed by atoms with van der Waals surface area (Å²) < 4.78 is 0. The van der Waals surface area contributed by atoms with Crippen LogP contribution >= 0.6 is 0 Å². The number of piperidine rings is 1. The Kier molecular flexibility index (Phi) is 33.1. The number of likely N-dealkylation sites (tertiary alicyclic amines) is 1. The lowest BCUT2D eigenvalue weighted by molar-refractivity contribution is -0.153. The lowest BCUT2D eigenvalue weighted by Crippen LogP contribution is -2.61. The van der Waals surface area contributed by atoms with Gasteiger partial charge in [0, 0.05) is 113 Å². The van der Waals surface area contributed by atoms with E-state index in [0.29, 0.717) is 24.2 Å². The third kappa shape index (κ3) is 23.7. The smallest absolute Gasteiger partial charge is 0.246 e. The molecule has 1 unspecified atom stereocenters. The molecule has 0 spiro atoms. The van der Waals surface area contributed by atoms with Gasteiger partial charge in [0.15, 0.2) is 11.6 Å². The minimum atomic E-state index is -1.79. The van der Waals surface area contributed by atoms with Crippen molar-refractivity contribution in [3.05, 3.63) is 108 Å². The van der Waals surface area contributed by atoms with Gasteiger partial charge >= 0.3 is 0 Å². The molecule has 12 atom stereocenters. The zero-order valence-electron chi connectivity index (χ0n) is 64.8. The largest absolute Gasteiger partial charge is 0.393 e. The van der Waals surface area contributed by atoms with Gasteiger partial charge in [-0.15, -0.1) is 0 Å². The number of hydrogen-bond donors (Lipinski definition) is 3. The Morgan fingerprint density at radius 1 is 0.529 bits per heavy atom. The number of Topliss-reactive ketones (excluding diaryl/α,β-unsaturated/α-hetero) is 3. The van der Waals surface area contributed by atoms with E-state index in [1.54, 1.807) is 100 Å². The normalized spacial score (nSPS) is 23.2. The van der Waals surface area contributed by atoms with Crippen molar-refractivity contribution in [3.63, 3.8) is 0 Å². The summed E-state index contributed by atoms with van der Waals surface area (Å²) in [7, 11) is 9.81. The molecule has 0 radical (unpaired) electrons. The van der Waals surface area contributed by atoms with E-state index in [2.05, 4.69) is 10.6 Å². The number of nitrogens with zero attached hydrogens (tertiary/aromatic N) is 8. The van der Waals surface area contributed by atoms with E-state index in [1.165, 1.54) is 82.8 Å². The van der Waals surface area contributed by atoms with Crippen LogP contribution in [0.15, 0.2) is 91.0 Å². The minimum absolute atomic E-state index is 0.0263. The van der Waals surface area contributed by atoms with E-state index in [0.717, 1.165) is 39.5 Å². The summed E-state index contributed by atoms with van der Waals surface area (Å²) in [6.07, 6.45) is -0.619. The highest BCUT2D eigenvalue weighted by molar-refractivity contribution is 6.01. The first-order valence-corrected chi connectivity index (χ1v) is 37.0. The van der Waals surface area contributed by atoms with Crippen LogP contribution < -0.4 is 10.6 Å². The number of ketones is 3. The Morgan fingerprint density at radius 3 is 1.55 bits per heavy atom. The molecule has 572 valence electrons. The summed E-state index contributed by atoms with van der Waals surface area (Å²) in [6, 6.07) is 16.1. The number of aliphatic hydroxyl groups is 1. The second-order valence-electron chi connectivity index (χ2n) is 30.6. The van der Waals surface area contributed by atoms with Gasteiger partial charge in [-0.3, -0.25) is 62.3 Å². The molecule has 0 aliphatic carbocycles. The molecule has 104 heavy (non-hydrogen) atoms. The van der Waals surface area contributed by atoms with E-state index < -0.39 is 175 Å². The average Bonchev–Trinajstić information content (AvgIpc) is 0.812. The van der Waals surface area contributed by atoms with Crippen LogP contribution in [0.3, 0.4) is 0 Å². The van der Waals surface area contributed by atoms with E-state index >= 15 is 33.6 Å². The maximum atomic E-state index is 15.9. The van der Waals surface area contributed by atoms with Crippen LogP contribution in [-0.2, 0) is 81.6 Å². The Morgan fingerprint density at radius 2 is 1.04 bits per heavy atom. The Hall–Kier alpha value is -8.67. The summed E-state index contributed by atoms with van der Waals surface area (Å²) in [4.78, 5) is 205. The van der Waals surface area contributed by atoms with Gasteiger partial charge in [0.25, 0.3) is 0 Å². The van der Waals surface area contributed by atoms with Gasteiger partial charge in [-0.05, 0) is 92.7 Å². The molecular formula is C80H118N10O14. The van der Waals surface area contributed by atoms with Crippen LogP contribution in [0.25, 0.3) is 0 Å². The molecule has 2 saturated heterocycles. The number of aliphatic hydroxyl groups excluding tert-OH is 1. The third-order valence-corrected chi connectivity index (χ3v) is 20.8. The van der Waals surface area contributed by atoms with Crippen molar-refractivity contribution in [1.82, 2.24) is 49.8 Å².